The van der Waals surface area contributed by atoms with Gasteiger partial charge in [-0.3, -0.25) is 0 Å². The third-order valence-electron chi connectivity index (χ3n) is 0. The van der Waals surface area contributed by atoms with E-state index in [1.165, 1.54) is 0 Å². The molecule has 3 nitrogen and oxygen atoms in total. The normalized spacial score (nSPS) is 0. The van der Waals surface area contributed by atoms with E-state index in [2.05, 4.69) is 0 Å². The molecule has 0 saturated heterocycles. The average Bonchev–Trinajstić information content (AvgIpc) is 0. The Morgan fingerprint density at radius 2 is 0.400 bits per heavy atom. The second kappa shape index (κ2) is 45.0. The monoisotopic (exact) mass is 228 g/mol. The summed E-state index contributed by atoms with van der Waals surface area (Å²) < 4.78 is 0. The van der Waals surface area contributed by atoms with E-state index in [0.29, 0.717) is 0 Å². The molecule has 0 bridgehead atoms. The van der Waals surface area contributed by atoms with Crippen molar-refractivity contribution in [2.24, 2.45) is 0 Å². The molecule has 0 radical (unpaired) electrons. The van der Waals surface area contributed by atoms with E-state index in [9.17, 15) is 0 Å². The van der Waals surface area contributed by atoms with Crippen molar-refractivity contribution in [2.75, 3.05) is 0 Å². The maximum Gasteiger partial charge on any atom is 4.00 e. The molecule has 0 heterocycles. The molecule has 5 heavy (non-hydrogen) atoms. The fourth-order valence-electron chi connectivity index (χ4n) is 0. The number of hydrogen-bond donors (Lipinski definition) is 0. The molecule has 0 aromatic heterocycles. The Balaban J connectivity index is 0. The molecule has 0 aliphatic carbocycles. The Bertz CT molecular complexity index is 4.85. The largest absolute Gasteiger partial charge is 4.00 e. The van der Waals surface area contributed by atoms with Gasteiger partial charge in [0.2, 0.25) is 0 Å². The van der Waals surface area contributed by atoms with E-state index in [4.69, 9.17) is 0 Å². The summed E-state index contributed by atoms with van der Waals surface area (Å²) in [5, 5.41) is 0. The zero-order valence-electron chi connectivity index (χ0n) is 2.22. The molecule has 0 saturated carbocycles. The summed E-state index contributed by atoms with van der Waals surface area (Å²) in [4.78, 5) is 0. The smallest absolute Gasteiger partial charge is 2.00 e. The van der Waals surface area contributed by atoms with E-state index < -0.39 is 0 Å². The van der Waals surface area contributed by atoms with Gasteiger partial charge in [0, 0.05) is 0 Å². The van der Waals surface area contributed by atoms with Gasteiger partial charge >= 0.3 is 52.4 Å². The first-order valence-electron chi connectivity index (χ1n) is 0. The van der Waals surface area contributed by atoms with Crippen molar-refractivity contribution in [3.63, 3.8) is 0 Å². The van der Waals surface area contributed by atoms with Gasteiger partial charge in [-0.15, -0.1) is 0 Å². The van der Waals surface area contributed by atoms with Crippen molar-refractivity contribution in [1.29, 1.82) is 0 Å². The molecule has 0 amide bonds. The molecule has 0 aromatic rings. The molecule has 0 spiro atoms. The molecule has 24 valence electrons. The first kappa shape index (κ1) is 78.2. The summed E-state index contributed by atoms with van der Waals surface area (Å²) in [5.74, 6) is 0. The molecule has 0 atom stereocenters. The summed E-state index contributed by atoms with van der Waals surface area (Å²) in [6.07, 6.45) is 0. The SMILES string of the molecule is [O-2].[O-2].[O-2].[Zr+4].[Zr+4]. The Morgan fingerprint density at radius 3 is 0.400 bits per heavy atom. The second-order valence-electron chi connectivity index (χ2n) is 0. The number of hydrogen-bond acceptors (Lipinski definition) is 0. The minimum Gasteiger partial charge on any atom is -2.00 e. The molecule has 5 heteroatoms. The van der Waals surface area contributed by atoms with Gasteiger partial charge in [0.15, 0.2) is 0 Å². The van der Waals surface area contributed by atoms with Crippen LogP contribution in [0.25, 0.3) is 0 Å². The van der Waals surface area contributed by atoms with E-state index in [1.807, 2.05) is 0 Å². The first-order valence-corrected chi connectivity index (χ1v) is 0. The molecule has 0 aliphatic rings. The predicted octanol–water partition coefficient (Wildman–Crippen LogP) is -0.361. The molecule has 0 aromatic carbocycles. The Kier molecular flexibility index (Phi) is 703. The molecule has 0 unspecified atom stereocenters. The maximum atomic E-state index is 0. The van der Waals surface area contributed by atoms with Crippen LogP contribution in [0.5, 0.6) is 0 Å². The number of rotatable bonds is 0. The summed E-state index contributed by atoms with van der Waals surface area (Å²) in [7, 11) is 0. The topological polar surface area (TPSA) is 85.5 Å². The molecular formula is O3Zr2+2. The van der Waals surface area contributed by atoms with Crippen LogP contribution in [0.2, 0.25) is 0 Å². The standard InChI is InChI=1S/3O.2Zr/q3*-2;2*+4. The Morgan fingerprint density at radius 1 is 0.400 bits per heavy atom. The molecule has 0 N–H and O–H groups in total. The fourth-order valence-corrected chi connectivity index (χ4v) is 0. The van der Waals surface area contributed by atoms with Crippen LogP contribution < -0.4 is 0 Å². The Hall–Kier alpha value is 1.65. The van der Waals surface area contributed by atoms with Gasteiger partial charge in [0.25, 0.3) is 0 Å². The van der Waals surface area contributed by atoms with Gasteiger partial charge < -0.3 is 16.4 Å². The van der Waals surface area contributed by atoms with Crippen molar-refractivity contribution < 1.29 is 68.8 Å². The van der Waals surface area contributed by atoms with Crippen LogP contribution >= 0.6 is 0 Å². The van der Waals surface area contributed by atoms with E-state index in [0.717, 1.165) is 0 Å². The van der Waals surface area contributed by atoms with Crippen LogP contribution in [-0.4, -0.2) is 0 Å². The fraction of sp³-hybridized carbons (Fsp3) is 0. The minimum atomic E-state index is 0. The van der Waals surface area contributed by atoms with Crippen molar-refractivity contribution in [2.45, 2.75) is 0 Å². The summed E-state index contributed by atoms with van der Waals surface area (Å²) >= 11 is 0. The van der Waals surface area contributed by atoms with Gasteiger partial charge in [-0.05, 0) is 0 Å². The minimum absolute atomic E-state index is 0. The van der Waals surface area contributed by atoms with Crippen LogP contribution in [0.3, 0.4) is 0 Å². The van der Waals surface area contributed by atoms with Crippen molar-refractivity contribution >= 4 is 0 Å². The van der Waals surface area contributed by atoms with Crippen LogP contribution in [0.4, 0.5) is 0 Å². The third kappa shape index (κ3) is 27.7. The van der Waals surface area contributed by atoms with Crippen molar-refractivity contribution in [3.8, 4) is 0 Å². The van der Waals surface area contributed by atoms with Crippen LogP contribution in [0.1, 0.15) is 0 Å². The summed E-state index contributed by atoms with van der Waals surface area (Å²) in [5.41, 5.74) is 0. The zero-order chi connectivity index (χ0) is 0. The summed E-state index contributed by atoms with van der Waals surface area (Å²) in [6.45, 7) is 0. The molecule has 0 rings (SSSR count). The summed E-state index contributed by atoms with van der Waals surface area (Å²) in [6, 6.07) is 0. The average molecular weight is 230 g/mol. The van der Waals surface area contributed by atoms with Gasteiger partial charge in [0.1, 0.15) is 0 Å². The third-order valence-corrected chi connectivity index (χ3v) is 0. The Labute approximate surface area is 68.3 Å². The van der Waals surface area contributed by atoms with E-state index in [1.54, 1.807) is 0 Å². The van der Waals surface area contributed by atoms with Gasteiger partial charge in [-0.2, -0.15) is 0 Å². The first-order chi connectivity index (χ1) is 0. The van der Waals surface area contributed by atoms with E-state index in [-0.39, 0.29) is 68.8 Å². The van der Waals surface area contributed by atoms with Crippen molar-refractivity contribution in [1.82, 2.24) is 0 Å². The van der Waals surface area contributed by atoms with Crippen LogP contribution in [-0.2, 0) is 68.8 Å². The van der Waals surface area contributed by atoms with Crippen LogP contribution in [0, 0.1) is 0 Å². The molecule has 0 aliphatic heterocycles. The molecule has 0 fully saturated rings. The second-order valence-corrected chi connectivity index (χ2v) is 0. The van der Waals surface area contributed by atoms with Crippen molar-refractivity contribution in [3.05, 3.63) is 0 Å². The predicted molar refractivity (Wildman–Crippen MR) is 2.06 cm³/mol. The van der Waals surface area contributed by atoms with E-state index >= 15 is 0 Å². The zero-order valence-corrected chi connectivity index (χ0v) is 7.14. The van der Waals surface area contributed by atoms with Gasteiger partial charge in [-0.25, -0.2) is 0 Å². The van der Waals surface area contributed by atoms with Crippen LogP contribution in [0.15, 0.2) is 0 Å². The van der Waals surface area contributed by atoms with Gasteiger partial charge in [-0.1, -0.05) is 0 Å². The maximum absolute atomic E-state index is 0. The molecular weight excluding hydrogens is 230 g/mol. The quantitative estimate of drug-likeness (QED) is 0.544. The van der Waals surface area contributed by atoms with Gasteiger partial charge in [0.05, 0.1) is 0 Å².